The number of rotatable bonds is 9. The quantitative estimate of drug-likeness (QED) is 0.386. The number of nitrogens with one attached hydrogen (secondary N) is 1. The molecular formula is C25H27FN9O3-. The molecule has 1 aliphatic carbocycles. The number of ether oxygens (including phenoxy) is 2. The van der Waals surface area contributed by atoms with Gasteiger partial charge in [0, 0.05) is 18.0 Å². The minimum absolute atomic E-state index is 0.0193. The molecule has 2 aromatic rings. The van der Waals surface area contributed by atoms with Gasteiger partial charge < -0.3 is 14.9 Å². The van der Waals surface area contributed by atoms with Crippen LogP contribution < -0.4 is 9.47 Å². The van der Waals surface area contributed by atoms with E-state index in [1.165, 1.54) is 5.01 Å². The largest absolute Gasteiger partial charge is 0.761 e. The van der Waals surface area contributed by atoms with Gasteiger partial charge in [-0.05, 0) is 62.6 Å². The monoisotopic (exact) mass is 520 g/mol. The first-order chi connectivity index (χ1) is 18.4. The number of nitrogens with zero attached hydrogens (tertiary/aromatic N) is 8. The summed E-state index contributed by atoms with van der Waals surface area (Å²) in [6.45, 7) is 6.96. The van der Waals surface area contributed by atoms with Gasteiger partial charge in [-0.1, -0.05) is 6.92 Å². The molecule has 2 aliphatic rings. The van der Waals surface area contributed by atoms with E-state index in [1.54, 1.807) is 6.92 Å². The third kappa shape index (κ3) is 5.89. The number of tetrazole rings is 1. The van der Waals surface area contributed by atoms with Crippen LogP contribution in [0.5, 0.6) is 11.5 Å². The second-order valence-electron chi connectivity index (χ2n) is 8.50. The predicted molar refractivity (Wildman–Crippen MR) is 137 cm³/mol. The van der Waals surface area contributed by atoms with Gasteiger partial charge in [-0.3, -0.25) is 4.79 Å². The molecule has 0 saturated heterocycles. The van der Waals surface area contributed by atoms with Crippen molar-refractivity contribution in [2.75, 3.05) is 19.8 Å². The molecule has 0 saturated carbocycles. The summed E-state index contributed by atoms with van der Waals surface area (Å²) in [5, 5.41) is 35.9. The molecule has 0 spiro atoms. The molecule has 13 heteroatoms. The zero-order valence-electron chi connectivity index (χ0n) is 21.3. The van der Waals surface area contributed by atoms with Crippen molar-refractivity contribution >= 4 is 23.2 Å². The summed E-state index contributed by atoms with van der Waals surface area (Å²) in [4.78, 5) is 13.3. The number of hydrogen-bond acceptors (Lipinski definition) is 9. The molecule has 0 radical (unpaired) electrons. The Morgan fingerprint density at radius 2 is 2.08 bits per heavy atom. The number of H-pyrrole nitrogens is 1. The first kappa shape index (κ1) is 26.6. The predicted octanol–water partition coefficient (Wildman–Crippen LogP) is 4.20. The van der Waals surface area contributed by atoms with Gasteiger partial charge in [-0.2, -0.15) is 15.4 Å². The fraction of sp³-hybridized carbons (Fsp3) is 0.400. The number of carbonyl (C=O) groups excluding carboxylic acids is 1. The Morgan fingerprint density at radius 1 is 1.29 bits per heavy atom. The Bertz CT molecular complexity index is 1360. The van der Waals surface area contributed by atoms with Crippen molar-refractivity contribution in [2.24, 2.45) is 21.2 Å². The van der Waals surface area contributed by atoms with Crippen LogP contribution in [-0.4, -0.2) is 62.9 Å². The second-order valence-corrected chi connectivity index (χ2v) is 8.50. The highest BCUT2D eigenvalue weighted by molar-refractivity contribution is 6.03. The van der Waals surface area contributed by atoms with Crippen LogP contribution in [0.25, 0.3) is 11.1 Å². The van der Waals surface area contributed by atoms with Crippen molar-refractivity contribution in [3.05, 3.63) is 58.2 Å². The second kappa shape index (κ2) is 12.2. The normalized spacial score (nSPS) is 17.7. The number of halogens is 1. The highest BCUT2D eigenvalue weighted by Crippen LogP contribution is 2.34. The summed E-state index contributed by atoms with van der Waals surface area (Å²) >= 11 is 0. The van der Waals surface area contributed by atoms with Crippen molar-refractivity contribution in [3.8, 4) is 11.5 Å². The molecule has 2 heterocycles. The number of amides is 1. The molecular weight excluding hydrogens is 493 g/mol. The van der Waals surface area contributed by atoms with Crippen LogP contribution in [0, 0.1) is 5.92 Å². The Morgan fingerprint density at radius 3 is 2.79 bits per heavy atom. The molecule has 1 unspecified atom stereocenters. The van der Waals surface area contributed by atoms with Crippen LogP contribution in [0.4, 0.5) is 4.39 Å². The highest BCUT2D eigenvalue weighted by atomic mass is 19.1. The molecule has 0 fully saturated rings. The minimum atomic E-state index is -0.706. The molecule has 1 aromatic heterocycles. The summed E-state index contributed by atoms with van der Waals surface area (Å²) in [7, 11) is 0. The van der Waals surface area contributed by atoms with E-state index in [1.807, 2.05) is 37.9 Å². The van der Waals surface area contributed by atoms with Gasteiger partial charge in [-0.25, -0.2) is 15.3 Å². The standard InChI is InChI=1S/C25H27FN9O3/c1-4-37-22-9-8-16(12-23(22)38-5-2)19-7-6-10-35(32-19)25(36)17-11-15(3)20(13-18(17)26)28-29-21(14-27)24-30-33-34-31-24/h8-9,12-13,15H,4-7,10-11H2,1-3H3,(H,30,31,33,34)/q-1. The molecule has 198 valence electrons. The zero-order chi connectivity index (χ0) is 27.1. The molecule has 1 aliphatic heterocycles. The molecule has 1 N–H and O–H groups in total. The van der Waals surface area contributed by atoms with Gasteiger partial charge in [-0.15, -0.1) is 15.3 Å². The topological polar surface area (TPSA) is 153 Å². The molecule has 4 rings (SSSR count). The van der Waals surface area contributed by atoms with Crippen molar-refractivity contribution in [3.63, 3.8) is 0 Å². The van der Waals surface area contributed by atoms with E-state index in [-0.39, 0.29) is 35.1 Å². The molecule has 38 heavy (non-hydrogen) atoms. The smallest absolute Gasteiger partial charge is 0.272 e. The van der Waals surface area contributed by atoms with Gasteiger partial charge in [0.25, 0.3) is 5.91 Å². The number of hydrogen-bond donors (Lipinski definition) is 1. The third-order valence-corrected chi connectivity index (χ3v) is 5.90. The Hall–Kier alpha value is -4.51. The number of azo groups is 1. The Balaban J connectivity index is 1.55. The maximum atomic E-state index is 15.1. The summed E-state index contributed by atoms with van der Waals surface area (Å²) in [6, 6.07) is 5.56. The summed E-state index contributed by atoms with van der Waals surface area (Å²) in [6.07, 6.45) is 2.62. The van der Waals surface area contributed by atoms with Crippen molar-refractivity contribution < 1.29 is 18.7 Å². The van der Waals surface area contributed by atoms with Crippen LogP contribution in [0.1, 0.15) is 51.4 Å². The lowest BCUT2D eigenvalue weighted by molar-refractivity contribution is -0.127. The van der Waals surface area contributed by atoms with E-state index < -0.39 is 11.7 Å². The van der Waals surface area contributed by atoms with Gasteiger partial charge in [0.2, 0.25) is 5.82 Å². The Labute approximate surface area is 218 Å². The Kier molecular flexibility index (Phi) is 8.49. The van der Waals surface area contributed by atoms with Gasteiger partial charge in [0.05, 0.1) is 30.2 Å². The van der Waals surface area contributed by atoms with E-state index in [2.05, 4.69) is 36.0 Å². The molecule has 12 nitrogen and oxygen atoms in total. The number of carbonyl (C=O) groups is 1. The lowest BCUT2D eigenvalue weighted by Gasteiger charge is -2.27. The number of benzene rings is 1. The number of aromatic amines is 1. The van der Waals surface area contributed by atoms with E-state index in [0.29, 0.717) is 49.8 Å². The van der Waals surface area contributed by atoms with Crippen molar-refractivity contribution in [1.29, 1.82) is 0 Å². The number of hydrazone groups is 1. The molecule has 0 bridgehead atoms. The zero-order valence-corrected chi connectivity index (χ0v) is 21.3. The van der Waals surface area contributed by atoms with Crippen LogP contribution >= 0.6 is 0 Å². The van der Waals surface area contributed by atoms with Crippen LogP contribution in [0.2, 0.25) is 0 Å². The van der Waals surface area contributed by atoms with Gasteiger partial charge >= 0.3 is 0 Å². The molecule has 1 atom stereocenters. The average Bonchev–Trinajstić information content (AvgIpc) is 3.46. The lowest BCUT2D eigenvalue weighted by atomic mass is 9.91. The fourth-order valence-electron chi connectivity index (χ4n) is 4.05. The lowest BCUT2D eigenvalue weighted by Crippen LogP contribution is -2.34. The summed E-state index contributed by atoms with van der Waals surface area (Å²) < 4.78 is 26.4. The van der Waals surface area contributed by atoms with Crippen LogP contribution in [0.15, 0.2) is 56.7 Å². The average molecular weight is 521 g/mol. The summed E-state index contributed by atoms with van der Waals surface area (Å²) in [5.74, 6) is 1.53. The van der Waals surface area contributed by atoms with E-state index in [0.717, 1.165) is 11.6 Å². The molecule has 1 amide bonds. The van der Waals surface area contributed by atoms with Gasteiger partial charge in [0.15, 0.2) is 17.2 Å². The highest BCUT2D eigenvalue weighted by Gasteiger charge is 2.30. The maximum absolute atomic E-state index is 15.1. The van der Waals surface area contributed by atoms with Gasteiger partial charge in [0.1, 0.15) is 5.83 Å². The summed E-state index contributed by atoms with van der Waals surface area (Å²) in [5.41, 5.74) is 1.66. The minimum Gasteiger partial charge on any atom is -0.761 e. The third-order valence-electron chi connectivity index (χ3n) is 5.90. The molecule has 1 aromatic carbocycles. The van der Waals surface area contributed by atoms with Crippen LogP contribution in [0.3, 0.4) is 0 Å². The maximum Gasteiger partial charge on any atom is 0.272 e. The van der Waals surface area contributed by atoms with E-state index in [4.69, 9.17) is 9.47 Å². The SMILES string of the molecule is CCOc1ccc(C2=NN(C(=O)C3=C(F)C=C(N=NC(=C=[N-])c4nn[nH]n4)C(C)C3)CCC2)cc1OCC. The first-order valence-electron chi connectivity index (χ1n) is 12.3. The van der Waals surface area contributed by atoms with Crippen molar-refractivity contribution in [2.45, 2.75) is 40.0 Å². The number of aromatic nitrogens is 4. The number of allylic oxidation sites excluding steroid dienone is 3. The first-order valence-corrected chi connectivity index (χ1v) is 12.3. The fourth-order valence-corrected chi connectivity index (χ4v) is 4.05. The van der Waals surface area contributed by atoms with E-state index >= 15 is 4.39 Å². The van der Waals surface area contributed by atoms with E-state index in [9.17, 15) is 10.2 Å². The van der Waals surface area contributed by atoms with Crippen molar-refractivity contribution in [1.82, 2.24) is 25.6 Å². The van der Waals surface area contributed by atoms with Crippen LogP contribution in [-0.2, 0) is 4.79 Å².